The average molecular weight is 467 g/mol. The summed E-state index contributed by atoms with van der Waals surface area (Å²) in [7, 11) is 1.63. The first kappa shape index (κ1) is 23.7. The van der Waals surface area contributed by atoms with Crippen LogP contribution in [0.4, 0.5) is 4.79 Å². The predicted molar refractivity (Wildman–Crippen MR) is 120 cm³/mol. The highest BCUT2D eigenvalue weighted by atomic mass is 35.5. The number of amides is 2. The number of nitrogens with one attached hydrogen (secondary N) is 1. The van der Waals surface area contributed by atoms with E-state index in [0.29, 0.717) is 54.8 Å². The van der Waals surface area contributed by atoms with Crippen LogP contribution in [0.25, 0.3) is 0 Å². The van der Waals surface area contributed by atoms with E-state index in [1.54, 1.807) is 24.1 Å². The second kappa shape index (κ2) is 11.1. The van der Waals surface area contributed by atoms with Gasteiger partial charge in [0.2, 0.25) is 0 Å². The van der Waals surface area contributed by atoms with E-state index in [1.165, 1.54) is 0 Å². The molecule has 0 fully saturated rings. The maximum Gasteiger partial charge on any atom is 0.318 e. The van der Waals surface area contributed by atoms with E-state index in [9.17, 15) is 9.90 Å². The molecule has 1 aliphatic heterocycles. The van der Waals surface area contributed by atoms with Crippen LogP contribution in [-0.4, -0.2) is 52.9 Å². The molecule has 31 heavy (non-hydrogen) atoms. The van der Waals surface area contributed by atoms with Crippen LogP contribution in [0.3, 0.4) is 0 Å². The van der Waals surface area contributed by atoms with E-state index in [1.807, 2.05) is 19.2 Å². The van der Waals surface area contributed by atoms with Gasteiger partial charge in [0, 0.05) is 39.5 Å². The molecular weight excluding hydrogens is 439 g/mol. The van der Waals surface area contributed by atoms with Crippen LogP contribution in [0.2, 0.25) is 10.0 Å². The third-order valence-electron chi connectivity index (χ3n) is 5.38. The smallest absolute Gasteiger partial charge is 0.318 e. The zero-order valence-electron chi connectivity index (χ0n) is 17.8. The topological polar surface area (TPSA) is 87.6 Å². The van der Waals surface area contributed by atoms with E-state index in [0.717, 1.165) is 16.8 Å². The van der Waals surface area contributed by atoms with E-state index < -0.39 is 0 Å². The molecule has 7 nitrogen and oxygen atoms in total. The number of carbonyl (C=O) groups excluding carboxylic acids is 1. The Morgan fingerprint density at radius 3 is 2.87 bits per heavy atom. The van der Waals surface area contributed by atoms with Crippen molar-refractivity contribution in [1.29, 1.82) is 0 Å². The lowest BCUT2D eigenvalue weighted by Gasteiger charge is -2.30. The zero-order valence-corrected chi connectivity index (χ0v) is 19.3. The minimum Gasteiger partial charge on any atom is -0.396 e. The summed E-state index contributed by atoms with van der Waals surface area (Å²) in [5.74, 6) is 0.783. The van der Waals surface area contributed by atoms with Gasteiger partial charge in [0.1, 0.15) is 5.82 Å². The summed E-state index contributed by atoms with van der Waals surface area (Å²) >= 11 is 12.2. The highest BCUT2D eigenvalue weighted by Crippen LogP contribution is 2.27. The first-order valence-corrected chi connectivity index (χ1v) is 11.1. The van der Waals surface area contributed by atoms with Crippen molar-refractivity contribution in [2.45, 2.75) is 38.8 Å². The van der Waals surface area contributed by atoms with Gasteiger partial charge in [-0.05, 0) is 42.0 Å². The fourth-order valence-electron chi connectivity index (χ4n) is 3.52. The van der Waals surface area contributed by atoms with Crippen LogP contribution in [0.15, 0.2) is 24.4 Å². The van der Waals surface area contributed by atoms with Gasteiger partial charge in [-0.15, -0.1) is 0 Å². The van der Waals surface area contributed by atoms with Gasteiger partial charge in [-0.2, -0.15) is 0 Å². The third kappa shape index (κ3) is 6.29. The number of ether oxygens (including phenoxy) is 1. The van der Waals surface area contributed by atoms with Crippen molar-refractivity contribution in [1.82, 2.24) is 20.2 Å². The Hall–Kier alpha value is -1.93. The van der Waals surface area contributed by atoms with Gasteiger partial charge in [-0.1, -0.05) is 36.2 Å². The number of methoxy groups -OCH3 is 1. The lowest BCUT2D eigenvalue weighted by atomic mass is 10.0. The molecule has 0 spiro atoms. The molecule has 2 amide bonds. The predicted octanol–water partition coefficient (Wildman–Crippen LogP) is 3.80. The van der Waals surface area contributed by atoms with Crippen LogP contribution in [0.5, 0.6) is 0 Å². The van der Waals surface area contributed by atoms with Crippen LogP contribution in [0.1, 0.15) is 42.0 Å². The number of aliphatic hydroxyl groups is 1. The average Bonchev–Trinajstić information content (AvgIpc) is 2.77. The minimum atomic E-state index is -0.255. The number of benzene rings is 1. The molecule has 0 saturated carbocycles. The van der Waals surface area contributed by atoms with E-state index in [-0.39, 0.29) is 24.6 Å². The number of carbonyl (C=O) groups is 1. The molecule has 2 atom stereocenters. The first-order valence-electron chi connectivity index (χ1n) is 10.3. The number of hydrogen-bond donors (Lipinski definition) is 2. The highest BCUT2D eigenvalue weighted by molar-refractivity contribution is 6.42. The van der Waals surface area contributed by atoms with Gasteiger partial charge < -0.3 is 20.1 Å². The summed E-state index contributed by atoms with van der Waals surface area (Å²) in [6.07, 6.45) is 3.75. The van der Waals surface area contributed by atoms with Gasteiger partial charge in [0.05, 0.1) is 28.3 Å². The Labute approximate surface area is 192 Å². The van der Waals surface area contributed by atoms with Crippen LogP contribution in [-0.2, 0) is 24.1 Å². The zero-order chi connectivity index (χ0) is 22.4. The number of rotatable bonds is 8. The Kier molecular flexibility index (Phi) is 8.49. The van der Waals surface area contributed by atoms with Crippen molar-refractivity contribution in [3.05, 3.63) is 57.1 Å². The molecular formula is C22H28Cl2N4O3. The third-order valence-corrected chi connectivity index (χ3v) is 6.12. The molecule has 1 aromatic carbocycles. The molecule has 1 aromatic heterocycles. The maximum atomic E-state index is 13.1. The van der Waals surface area contributed by atoms with Crippen molar-refractivity contribution in [3.8, 4) is 0 Å². The molecule has 2 N–H and O–H groups in total. The number of aromatic nitrogens is 2. The quantitative estimate of drug-likeness (QED) is 0.617. The van der Waals surface area contributed by atoms with E-state index in [4.69, 9.17) is 27.9 Å². The molecule has 1 unspecified atom stereocenters. The summed E-state index contributed by atoms with van der Waals surface area (Å²) in [6.45, 7) is 3.54. The Morgan fingerprint density at radius 2 is 2.16 bits per heavy atom. The molecule has 168 valence electrons. The van der Waals surface area contributed by atoms with Crippen LogP contribution < -0.4 is 5.32 Å². The van der Waals surface area contributed by atoms with Crippen LogP contribution in [0, 0.1) is 5.92 Å². The molecule has 9 heteroatoms. The fraction of sp³-hybridized carbons (Fsp3) is 0.500. The second-order valence-electron chi connectivity index (χ2n) is 7.88. The van der Waals surface area contributed by atoms with Crippen LogP contribution >= 0.6 is 23.2 Å². The standard InChI is InChI=1S/C22H28Cl2N4O3/c1-14(13-29)9-21-25-11-16-5-7-28(12-20(16)26-21)22(30)27-19(6-8-31-2)15-3-4-17(23)18(24)10-15/h3-4,10-11,14,19,29H,5-9,12-13H2,1-2H3,(H,27,30)/t14-,19?/m1/s1. The summed E-state index contributed by atoms with van der Waals surface area (Å²) < 4.78 is 5.22. The largest absolute Gasteiger partial charge is 0.396 e. The second-order valence-corrected chi connectivity index (χ2v) is 8.69. The summed E-state index contributed by atoms with van der Waals surface area (Å²) in [4.78, 5) is 23.9. The van der Waals surface area contributed by atoms with Crippen molar-refractivity contribution < 1.29 is 14.6 Å². The molecule has 0 saturated heterocycles. The number of aliphatic hydroxyl groups excluding tert-OH is 1. The van der Waals surface area contributed by atoms with E-state index in [2.05, 4.69) is 15.3 Å². The Morgan fingerprint density at radius 1 is 1.35 bits per heavy atom. The van der Waals surface area contributed by atoms with Crippen molar-refractivity contribution in [2.75, 3.05) is 26.9 Å². The summed E-state index contributed by atoms with van der Waals surface area (Å²) in [5.41, 5.74) is 2.80. The fourth-order valence-corrected chi connectivity index (χ4v) is 3.83. The number of hydrogen-bond acceptors (Lipinski definition) is 5. The number of urea groups is 1. The monoisotopic (exact) mass is 466 g/mol. The van der Waals surface area contributed by atoms with Crippen molar-refractivity contribution >= 4 is 29.2 Å². The highest BCUT2D eigenvalue weighted by Gasteiger charge is 2.25. The van der Waals surface area contributed by atoms with Gasteiger partial charge in [-0.25, -0.2) is 14.8 Å². The minimum absolute atomic E-state index is 0.0898. The number of fused-ring (bicyclic) bond motifs is 1. The molecule has 2 aromatic rings. The Balaban J connectivity index is 1.71. The SMILES string of the molecule is COCCC(NC(=O)N1CCc2cnc(C[C@@H](C)CO)nc2C1)c1ccc(Cl)c(Cl)c1. The molecule has 2 heterocycles. The normalized spacial score (nSPS) is 15.3. The maximum absolute atomic E-state index is 13.1. The van der Waals surface area contributed by atoms with E-state index >= 15 is 0 Å². The Bertz CT molecular complexity index is 912. The number of nitrogens with zero attached hydrogens (tertiary/aromatic N) is 3. The summed E-state index contributed by atoms with van der Waals surface area (Å²) in [6, 6.07) is 4.95. The van der Waals surface area contributed by atoms with Crippen molar-refractivity contribution in [3.63, 3.8) is 0 Å². The summed E-state index contributed by atoms with van der Waals surface area (Å²) in [5, 5.41) is 13.3. The van der Waals surface area contributed by atoms with Crippen molar-refractivity contribution in [2.24, 2.45) is 5.92 Å². The molecule has 0 aliphatic carbocycles. The van der Waals surface area contributed by atoms with Gasteiger partial charge >= 0.3 is 6.03 Å². The van der Waals surface area contributed by atoms with Gasteiger partial charge in [0.25, 0.3) is 0 Å². The molecule has 0 radical (unpaired) electrons. The first-order chi connectivity index (χ1) is 14.9. The molecule has 0 bridgehead atoms. The molecule has 3 rings (SSSR count). The number of halogens is 2. The lowest BCUT2D eigenvalue weighted by molar-refractivity contribution is 0.169. The lowest BCUT2D eigenvalue weighted by Crippen LogP contribution is -2.44. The van der Waals surface area contributed by atoms with Gasteiger partial charge in [-0.3, -0.25) is 0 Å². The molecule has 1 aliphatic rings. The van der Waals surface area contributed by atoms with Gasteiger partial charge in [0.15, 0.2) is 0 Å².